The van der Waals surface area contributed by atoms with E-state index in [2.05, 4.69) is 10.2 Å². The van der Waals surface area contributed by atoms with Crippen molar-refractivity contribution in [2.75, 3.05) is 0 Å². The van der Waals surface area contributed by atoms with E-state index in [1.807, 2.05) is 60.7 Å². The fraction of sp³-hybridized carbons (Fsp3) is 0.0714. The average molecular weight is 223 g/mol. The van der Waals surface area contributed by atoms with Crippen LogP contribution in [-0.4, -0.2) is 5.84 Å². The molecule has 0 unspecified atom stereocenters. The molecule has 0 aliphatic rings. The predicted octanol–water partition coefficient (Wildman–Crippen LogP) is 3.66. The van der Waals surface area contributed by atoms with E-state index in [1.165, 1.54) is 0 Å². The molecule has 0 saturated carbocycles. The van der Waals surface area contributed by atoms with Gasteiger partial charge >= 0.3 is 0 Å². The van der Waals surface area contributed by atoms with Gasteiger partial charge in [0.2, 0.25) is 0 Å². The second kappa shape index (κ2) is 5.70. The maximum absolute atomic E-state index is 7.74. The molecule has 1 N–H and O–H groups in total. The van der Waals surface area contributed by atoms with Gasteiger partial charge in [0.1, 0.15) is 0 Å². The third-order valence-corrected chi connectivity index (χ3v) is 2.31. The van der Waals surface area contributed by atoms with E-state index in [0.29, 0.717) is 6.54 Å². The summed E-state index contributed by atoms with van der Waals surface area (Å²) in [6.07, 6.45) is 0. The number of hydrogen-bond acceptors (Lipinski definition) is 2. The summed E-state index contributed by atoms with van der Waals surface area (Å²) in [4.78, 5) is 0. The normalized spacial score (nSPS) is 10.6. The minimum atomic E-state index is 0.196. The first kappa shape index (κ1) is 11.2. The third-order valence-electron chi connectivity index (χ3n) is 2.31. The molecule has 2 aromatic rings. The molecule has 3 nitrogen and oxygen atoms in total. The zero-order valence-corrected chi connectivity index (χ0v) is 9.38. The van der Waals surface area contributed by atoms with Crippen molar-refractivity contribution < 1.29 is 0 Å². The van der Waals surface area contributed by atoms with Crippen LogP contribution in [0.3, 0.4) is 0 Å². The number of benzene rings is 2. The Morgan fingerprint density at radius 2 is 1.47 bits per heavy atom. The van der Waals surface area contributed by atoms with E-state index >= 15 is 0 Å². The first-order valence-electron chi connectivity index (χ1n) is 5.41. The Kier molecular flexibility index (Phi) is 3.76. The third kappa shape index (κ3) is 3.34. The number of amidine groups is 1. The zero-order chi connectivity index (χ0) is 11.9. The highest BCUT2D eigenvalue weighted by atomic mass is 15.1. The fourth-order valence-electron chi connectivity index (χ4n) is 1.42. The van der Waals surface area contributed by atoms with Gasteiger partial charge in [-0.25, -0.2) is 0 Å². The summed E-state index contributed by atoms with van der Waals surface area (Å²) in [5.74, 6) is 0.196. The lowest BCUT2D eigenvalue weighted by molar-refractivity contribution is 0.968. The minimum absolute atomic E-state index is 0.196. The number of hydrogen-bond donors (Lipinski definition) is 1. The van der Waals surface area contributed by atoms with Gasteiger partial charge in [-0.1, -0.05) is 60.7 Å². The quantitative estimate of drug-likeness (QED) is 0.469. The number of nitrogens with one attached hydrogen (secondary N) is 1. The highest BCUT2D eigenvalue weighted by Gasteiger charge is 1.96. The van der Waals surface area contributed by atoms with Crippen LogP contribution in [0.25, 0.3) is 0 Å². The van der Waals surface area contributed by atoms with E-state index in [-0.39, 0.29) is 5.84 Å². The molecule has 0 radical (unpaired) electrons. The van der Waals surface area contributed by atoms with Crippen molar-refractivity contribution in [2.24, 2.45) is 10.2 Å². The molecule has 0 spiro atoms. The summed E-state index contributed by atoms with van der Waals surface area (Å²) in [5, 5.41) is 15.7. The van der Waals surface area contributed by atoms with Gasteiger partial charge in [-0.3, -0.25) is 5.41 Å². The van der Waals surface area contributed by atoms with Crippen molar-refractivity contribution in [1.29, 1.82) is 5.41 Å². The molecule has 0 saturated heterocycles. The maximum atomic E-state index is 7.74. The molecule has 3 heteroatoms. The first-order valence-corrected chi connectivity index (χ1v) is 5.41. The lowest BCUT2D eigenvalue weighted by atomic mass is 10.2. The van der Waals surface area contributed by atoms with Gasteiger partial charge in [0.15, 0.2) is 5.84 Å². The lowest BCUT2D eigenvalue weighted by Crippen LogP contribution is -1.93. The molecular formula is C14H13N3. The van der Waals surface area contributed by atoms with Crippen LogP contribution in [0.5, 0.6) is 0 Å². The predicted molar refractivity (Wildman–Crippen MR) is 68.3 cm³/mol. The molecule has 0 fully saturated rings. The van der Waals surface area contributed by atoms with Crippen molar-refractivity contribution in [3.63, 3.8) is 0 Å². The van der Waals surface area contributed by atoms with Crippen LogP contribution < -0.4 is 0 Å². The Morgan fingerprint density at radius 1 is 0.882 bits per heavy atom. The molecule has 0 heterocycles. The molecule has 17 heavy (non-hydrogen) atoms. The van der Waals surface area contributed by atoms with Crippen molar-refractivity contribution in [3.05, 3.63) is 71.8 Å². The van der Waals surface area contributed by atoms with Crippen LogP contribution in [0, 0.1) is 5.41 Å². The maximum Gasteiger partial charge on any atom is 0.173 e. The van der Waals surface area contributed by atoms with Gasteiger partial charge in [0.25, 0.3) is 0 Å². The van der Waals surface area contributed by atoms with Crippen molar-refractivity contribution >= 4 is 5.84 Å². The van der Waals surface area contributed by atoms with Gasteiger partial charge in [-0.05, 0) is 5.56 Å². The van der Waals surface area contributed by atoms with E-state index in [9.17, 15) is 0 Å². The van der Waals surface area contributed by atoms with Gasteiger partial charge in [0, 0.05) is 5.56 Å². The molecule has 2 rings (SSSR count). The summed E-state index contributed by atoms with van der Waals surface area (Å²) in [7, 11) is 0. The van der Waals surface area contributed by atoms with E-state index < -0.39 is 0 Å². The molecule has 0 atom stereocenters. The smallest absolute Gasteiger partial charge is 0.173 e. The SMILES string of the molecule is N=C(N=NCc1ccccc1)c1ccccc1. The molecule has 0 aliphatic heterocycles. The molecule has 0 bridgehead atoms. The van der Waals surface area contributed by atoms with E-state index in [0.717, 1.165) is 11.1 Å². The number of rotatable bonds is 3. The number of nitrogens with zero attached hydrogens (tertiary/aromatic N) is 2. The monoisotopic (exact) mass is 223 g/mol. The fourth-order valence-corrected chi connectivity index (χ4v) is 1.42. The average Bonchev–Trinajstić information content (AvgIpc) is 2.41. The summed E-state index contributed by atoms with van der Waals surface area (Å²) >= 11 is 0. The van der Waals surface area contributed by atoms with Crippen molar-refractivity contribution in [1.82, 2.24) is 0 Å². The Bertz CT molecular complexity index is 504. The van der Waals surface area contributed by atoms with E-state index in [4.69, 9.17) is 5.41 Å². The van der Waals surface area contributed by atoms with Crippen LogP contribution in [0.15, 0.2) is 70.9 Å². The summed E-state index contributed by atoms with van der Waals surface area (Å²) in [6, 6.07) is 19.3. The first-order chi connectivity index (χ1) is 8.36. The highest BCUT2D eigenvalue weighted by molar-refractivity contribution is 5.96. The molecular weight excluding hydrogens is 210 g/mol. The topological polar surface area (TPSA) is 48.6 Å². The van der Waals surface area contributed by atoms with Crippen LogP contribution in [0.1, 0.15) is 11.1 Å². The molecule has 0 aromatic heterocycles. The van der Waals surface area contributed by atoms with Gasteiger partial charge in [-0.15, -0.1) is 5.11 Å². The largest absolute Gasteiger partial charge is 0.281 e. The van der Waals surface area contributed by atoms with Crippen molar-refractivity contribution in [3.8, 4) is 0 Å². The van der Waals surface area contributed by atoms with Gasteiger partial charge < -0.3 is 0 Å². The van der Waals surface area contributed by atoms with Gasteiger partial charge in [0.05, 0.1) is 6.54 Å². The summed E-state index contributed by atoms with van der Waals surface area (Å²) in [6.45, 7) is 0.510. The molecule has 2 aromatic carbocycles. The second-order valence-corrected chi connectivity index (χ2v) is 3.60. The highest BCUT2D eigenvalue weighted by Crippen LogP contribution is 2.04. The lowest BCUT2D eigenvalue weighted by Gasteiger charge is -1.96. The Hall–Kier alpha value is -2.29. The van der Waals surface area contributed by atoms with Crippen LogP contribution >= 0.6 is 0 Å². The van der Waals surface area contributed by atoms with Crippen LogP contribution in [-0.2, 0) is 6.54 Å². The van der Waals surface area contributed by atoms with Crippen molar-refractivity contribution in [2.45, 2.75) is 6.54 Å². The minimum Gasteiger partial charge on any atom is -0.281 e. The number of azo groups is 1. The van der Waals surface area contributed by atoms with E-state index in [1.54, 1.807) is 0 Å². The van der Waals surface area contributed by atoms with Gasteiger partial charge in [-0.2, -0.15) is 5.11 Å². The Morgan fingerprint density at radius 3 is 2.12 bits per heavy atom. The van der Waals surface area contributed by atoms with Crippen LogP contribution in [0.4, 0.5) is 0 Å². The summed E-state index contributed by atoms with van der Waals surface area (Å²) in [5.41, 5.74) is 1.88. The second-order valence-electron chi connectivity index (χ2n) is 3.60. The molecule has 0 aliphatic carbocycles. The zero-order valence-electron chi connectivity index (χ0n) is 9.38. The molecule has 84 valence electrons. The van der Waals surface area contributed by atoms with Crippen LogP contribution in [0.2, 0.25) is 0 Å². The molecule has 0 amide bonds. The Labute approximate surface area is 100 Å². The summed E-state index contributed by atoms with van der Waals surface area (Å²) < 4.78 is 0. The standard InChI is InChI=1S/C14H13N3/c15-14(13-9-5-2-6-10-13)17-16-11-12-7-3-1-4-8-12/h1-10,15H,11H2. The Balaban J connectivity index is 1.96.